The molecule has 0 saturated heterocycles. The number of hydrogen-bond acceptors (Lipinski definition) is 1. The van der Waals surface area contributed by atoms with Crippen molar-refractivity contribution < 1.29 is 13.2 Å². The van der Waals surface area contributed by atoms with E-state index >= 15 is 0 Å². The Balaban J connectivity index is 2.47. The molecule has 1 atom stereocenters. The molecule has 0 bridgehead atoms. The summed E-state index contributed by atoms with van der Waals surface area (Å²) in [5.74, 6) is -0.617. The third kappa shape index (κ3) is 3.65. The molecule has 2 N–H and O–H groups in total. The van der Waals surface area contributed by atoms with E-state index in [9.17, 15) is 13.2 Å². The summed E-state index contributed by atoms with van der Waals surface area (Å²) in [6.07, 6.45) is -0.691. The maximum Gasteiger partial charge on any atom is 0.391 e. The lowest BCUT2D eigenvalue weighted by atomic mass is 9.72. The van der Waals surface area contributed by atoms with Crippen LogP contribution in [-0.2, 0) is 0 Å². The molecule has 0 aromatic carbocycles. The van der Waals surface area contributed by atoms with Crippen molar-refractivity contribution in [2.24, 2.45) is 17.6 Å². The van der Waals surface area contributed by atoms with Crippen LogP contribution in [0.2, 0.25) is 0 Å². The van der Waals surface area contributed by atoms with Gasteiger partial charge in [0, 0.05) is 5.54 Å². The second-order valence-corrected chi connectivity index (χ2v) is 5.40. The third-order valence-corrected chi connectivity index (χ3v) is 3.90. The zero-order valence-corrected chi connectivity index (χ0v) is 10.1. The van der Waals surface area contributed by atoms with E-state index in [4.69, 9.17) is 5.73 Å². The lowest BCUT2D eigenvalue weighted by Gasteiger charge is -2.39. The van der Waals surface area contributed by atoms with E-state index in [-0.39, 0.29) is 18.4 Å². The Morgan fingerprint density at radius 1 is 1.31 bits per heavy atom. The summed E-state index contributed by atoms with van der Waals surface area (Å²) in [7, 11) is 0. The van der Waals surface area contributed by atoms with Crippen LogP contribution < -0.4 is 5.73 Å². The van der Waals surface area contributed by atoms with Crippen molar-refractivity contribution in [2.45, 2.75) is 64.1 Å². The van der Waals surface area contributed by atoms with E-state index in [0.29, 0.717) is 18.8 Å². The van der Waals surface area contributed by atoms with Crippen molar-refractivity contribution in [3.63, 3.8) is 0 Å². The first-order chi connectivity index (χ1) is 7.27. The largest absolute Gasteiger partial charge is 0.391 e. The van der Waals surface area contributed by atoms with Crippen molar-refractivity contribution in [2.75, 3.05) is 0 Å². The van der Waals surface area contributed by atoms with Gasteiger partial charge in [-0.05, 0) is 38.0 Å². The van der Waals surface area contributed by atoms with Crippen molar-refractivity contribution in [3.05, 3.63) is 0 Å². The quantitative estimate of drug-likeness (QED) is 0.792. The van der Waals surface area contributed by atoms with Crippen molar-refractivity contribution in [1.82, 2.24) is 0 Å². The first kappa shape index (κ1) is 13.8. The van der Waals surface area contributed by atoms with E-state index in [1.165, 1.54) is 0 Å². The minimum atomic E-state index is -4.03. The number of rotatable bonds is 3. The van der Waals surface area contributed by atoms with E-state index in [0.717, 1.165) is 12.8 Å². The van der Waals surface area contributed by atoms with Crippen LogP contribution in [0.3, 0.4) is 0 Å². The predicted molar refractivity (Wildman–Crippen MR) is 59.0 cm³/mol. The Bertz CT molecular complexity index is 217. The summed E-state index contributed by atoms with van der Waals surface area (Å²) in [4.78, 5) is 0. The molecule has 96 valence electrons. The molecule has 16 heavy (non-hydrogen) atoms. The van der Waals surface area contributed by atoms with Gasteiger partial charge in [-0.25, -0.2) is 0 Å². The van der Waals surface area contributed by atoms with E-state index < -0.39 is 12.1 Å². The van der Waals surface area contributed by atoms with Crippen molar-refractivity contribution in [3.8, 4) is 0 Å². The topological polar surface area (TPSA) is 26.0 Å². The Morgan fingerprint density at radius 3 is 2.19 bits per heavy atom. The number of halogens is 3. The highest BCUT2D eigenvalue weighted by Crippen LogP contribution is 2.42. The molecule has 1 unspecified atom stereocenters. The van der Waals surface area contributed by atoms with E-state index in [2.05, 4.69) is 13.8 Å². The smallest absolute Gasteiger partial charge is 0.325 e. The highest BCUT2D eigenvalue weighted by Gasteiger charge is 2.44. The minimum Gasteiger partial charge on any atom is -0.325 e. The van der Waals surface area contributed by atoms with Gasteiger partial charge in [0.05, 0.1) is 5.92 Å². The highest BCUT2D eigenvalue weighted by atomic mass is 19.4. The summed E-state index contributed by atoms with van der Waals surface area (Å²) >= 11 is 0. The zero-order chi connectivity index (χ0) is 12.4. The van der Waals surface area contributed by atoms with Gasteiger partial charge in [-0.2, -0.15) is 13.2 Å². The molecule has 0 heterocycles. The number of hydrogen-bond donors (Lipinski definition) is 1. The highest BCUT2D eigenvalue weighted by molar-refractivity contribution is 4.92. The Hall–Kier alpha value is -0.250. The number of nitrogens with two attached hydrogens (primary N) is 1. The van der Waals surface area contributed by atoms with Crippen LogP contribution in [0.4, 0.5) is 13.2 Å². The minimum absolute atomic E-state index is 0.205. The number of alkyl halides is 3. The molecule has 1 saturated carbocycles. The lowest BCUT2D eigenvalue weighted by Crippen LogP contribution is -2.46. The molecule has 0 aromatic rings. The van der Waals surface area contributed by atoms with Gasteiger partial charge in [0.15, 0.2) is 0 Å². The molecule has 0 radical (unpaired) electrons. The van der Waals surface area contributed by atoms with Crippen LogP contribution in [0, 0.1) is 11.8 Å². The fraction of sp³-hybridized carbons (Fsp3) is 1.00. The molecule has 1 nitrogen and oxygen atoms in total. The monoisotopic (exact) mass is 237 g/mol. The standard InChI is InChI=1S/C12H22F3N/c1-3-9(2)8-11(16)6-4-10(5-7-11)12(13,14)15/h9-10H,3-8,16H2,1-2H3. The fourth-order valence-electron chi connectivity index (χ4n) is 2.56. The van der Waals surface area contributed by atoms with Crippen molar-refractivity contribution >= 4 is 0 Å². The molecule has 0 spiro atoms. The molecular weight excluding hydrogens is 215 g/mol. The maximum absolute atomic E-state index is 12.5. The zero-order valence-electron chi connectivity index (χ0n) is 10.1. The summed E-state index contributed by atoms with van der Waals surface area (Å²) in [5, 5.41) is 0. The van der Waals surface area contributed by atoms with E-state index in [1.807, 2.05) is 0 Å². The molecule has 1 aliphatic carbocycles. The van der Waals surface area contributed by atoms with Gasteiger partial charge in [-0.1, -0.05) is 20.3 Å². The van der Waals surface area contributed by atoms with Gasteiger partial charge in [-0.3, -0.25) is 0 Å². The van der Waals surface area contributed by atoms with E-state index in [1.54, 1.807) is 0 Å². The van der Waals surface area contributed by atoms with Crippen LogP contribution in [0.25, 0.3) is 0 Å². The average Bonchev–Trinajstić information content (AvgIpc) is 2.16. The van der Waals surface area contributed by atoms with Gasteiger partial charge >= 0.3 is 6.18 Å². The Morgan fingerprint density at radius 2 is 1.81 bits per heavy atom. The molecule has 4 heteroatoms. The molecule has 1 aliphatic rings. The SMILES string of the molecule is CCC(C)CC1(N)CCC(C(F)(F)F)CC1. The molecule has 0 amide bonds. The molecule has 0 aliphatic heterocycles. The molecule has 1 rings (SSSR count). The molecular formula is C12H22F3N. The first-order valence-corrected chi connectivity index (χ1v) is 6.12. The molecule has 0 aromatic heterocycles. The van der Waals surface area contributed by atoms with Crippen LogP contribution >= 0.6 is 0 Å². The maximum atomic E-state index is 12.5. The predicted octanol–water partition coefficient (Wildman–Crippen LogP) is 3.87. The van der Waals surface area contributed by atoms with Crippen LogP contribution in [0.5, 0.6) is 0 Å². The van der Waals surface area contributed by atoms with Gasteiger partial charge in [0.1, 0.15) is 0 Å². The van der Waals surface area contributed by atoms with Gasteiger partial charge < -0.3 is 5.73 Å². The van der Waals surface area contributed by atoms with Gasteiger partial charge in [0.25, 0.3) is 0 Å². The third-order valence-electron chi connectivity index (χ3n) is 3.90. The van der Waals surface area contributed by atoms with Crippen LogP contribution in [0.1, 0.15) is 52.4 Å². The summed E-state index contributed by atoms with van der Waals surface area (Å²) in [6.45, 7) is 4.21. The first-order valence-electron chi connectivity index (χ1n) is 6.12. The van der Waals surface area contributed by atoms with Gasteiger partial charge in [-0.15, -0.1) is 0 Å². The summed E-state index contributed by atoms with van der Waals surface area (Å²) in [6, 6.07) is 0. The lowest BCUT2D eigenvalue weighted by molar-refractivity contribution is -0.184. The molecule has 1 fully saturated rings. The Labute approximate surface area is 95.6 Å². The average molecular weight is 237 g/mol. The second kappa shape index (κ2) is 4.94. The fourth-order valence-corrected chi connectivity index (χ4v) is 2.56. The summed E-state index contributed by atoms with van der Waals surface area (Å²) < 4.78 is 37.4. The van der Waals surface area contributed by atoms with Crippen LogP contribution in [0.15, 0.2) is 0 Å². The van der Waals surface area contributed by atoms with Gasteiger partial charge in [0.2, 0.25) is 0 Å². The second-order valence-electron chi connectivity index (χ2n) is 5.40. The summed E-state index contributed by atoms with van der Waals surface area (Å²) in [5.41, 5.74) is 5.82. The van der Waals surface area contributed by atoms with Crippen molar-refractivity contribution in [1.29, 1.82) is 0 Å². The Kier molecular flexibility index (Phi) is 4.27. The van der Waals surface area contributed by atoms with Crippen LogP contribution in [-0.4, -0.2) is 11.7 Å². The normalized spacial score (nSPS) is 33.8.